The summed E-state index contributed by atoms with van der Waals surface area (Å²) in [5.41, 5.74) is -0.314. The predicted octanol–water partition coefficient (Wildman–Crippen LogP) is 2.42. The summed E-state index contributed by atoms with van der Waals surface area (Å²) in [5, 5.41) is 19.8. The van der Waals surface area contributed by atoms with Crippen LogP contribution in [0.25, 0.3) is 0 Å². The van der Waals surface area contributed by atoms with E-state index < -0.39 is 11.7 Å². The van der Waals surface area contributed by atoms with Crippen molar-refractivity contribution in [3.63, 3.8) is 0 Å². The van der Waals surface area contributed by atoms with E-state index in [-0.39, 0.29) is 5.41 Å². The Morgan fingerprint density at radius 1 is 1.47 bits per heavy atom. The van der Waals surface area contributed by atoms with E-state index in [0.717, 1.165) is 24.8 Å². The molecule has 0 aliphatic heterocycles. The minimum Gasteiger partial charge on any atom is -0.389 e. The maximum atomic E-state index is 10.6. The first kappa shape index (κ1) is 12.5. The van der Waals surface area contributed by atoms with Gasteiger partial charge in [-0.25, -0.2) is 0 Å². The molecule has 2 atom stereocenters. The van der Waals surface area contributed by atoms with Crippen LogP contribution < -0.4 is 0 Å². The van der Waals surface area contributed by atoms with Gasteiger partial charge in [0.2, 0.25) is 0 Å². The molecular weight excluding hydrogens is 188 g/mol. The van der Waals surface area contributed by atoms with E-state index >= 15 is 0 Å². The van der Waals surface area contributed by atoms with Gasteiger partial charge in [0.1, 0.15) is 5.60 Å². The van der Waals surface area contributed by atoms with E-state index in [1.165, 1.54) is 0 Å². The maximum absolute atomic E-state index is 10.6. The summed E-state index contributed by atoms with van der Waals surface area (Å²) in [6.45, 7) is 9.73. The van der Waals surface area contributed by atoms with Crippen molar-refractivity contribution in [2.75, 3.05) is 0 Å². The molecule has 0 amide bonds. The standard InChI is InChI=1S/C13H22O2/c1-10-6-5-8-12(3,4)13(10,15)9-7-11(2)14/h7,9,11,14-15H,1,5-6,8H2,2-4H3/b9-7-. The molecule has 1 fully saturated rings. The highest BCUT2D eigenvalue weighted by molar-refractivity contribution is 5.29. The molecule has 2 nitrogen and oxygen atoms in total. The lowest BCUT2D eigenvalue weighted by Crippen LogP contribution is -2.47. The fourth-order valence-corrected chi connectivity index (χ4v) is 2.23. The molecule has 0 bridgehead atoms. The first-order chi connectivity index (χ1) is 6.79. The van der Waals surface area contributed by atoms with Crippen LogP contribution in [0.2, 0.25) is 0 Å². The van der Waals surface area contributed by atoms with Crippen LogP contribution in [0.4, 0.5) is 0 Å². The Morgan fingerprint density at radius 2 is 2.07 bits per heavy atom. The van der Waals surface area contributed by atoms with Crippen molar-refractivity contribution in [2.24, 2.45) is 5.41 Å². The van der Waals surface area contributed by atoms with E-state index in [1.807, 2.05) is 13.8 Å². The van der Waals surface area contributed by atoms with Gasteiger partial charge < -0.3 is 10.2 Å². The molecule has 1 aliphatic rings. The minimum atomic E-state index is -0.970. The van der Waals surface area contributed by atoms with Gasteiger partial charge in [0.05, 0.1) is 6.10 Å². The van der Waals surface area contributed by atoms with E-state index in [4.69, 9.17) is 0 Å². The lowest BCUT2D eigenvalue weighted by molar-refractivity contribution is -0.0155. The van der Waals surface area contributed by atoms with Crippen molar-refractivity contribution in [2.45, 2.75) is 51.7 Å². The smallest absolute Gasteiger partial charge is 0.109 e. The minimum absolute atomic E-state index is 0.201. The Bertz CT molecular complexity index is 276. The second kappa shape index (κ2) is 4.11. The highest BCUT2D eigenvalue weighted by Crippen LogP contribution is 2.47. The van der Waals surface area contributed by atoms with Crippen molar-refractivity contribution >= 4 is 0 Å². The van der Waals surface area contributed by atoms with Gasteiger partial charge in [0, 0.05) is 5.41 Å². The molecule has 2 unspecified atom stereocenters. The normalized spacial score (nSPS) is 33.3. The highest BCUT2D eigenvalue weighted by atomic mass is 16.3. The average Bonchev–Trinajstić information content (AvgIpc) is 2.11. The third-order valence-electron chi connectivity index (χ3n) is 3.47. The fourth-order valence-electron chi connectivity index (χ4n) is 2.23. The highest BCUT2D eigenvalue weighted by Gasteiger charge is 2.45. The summed E-state index contributed by atoms with van der Waals surface area (Å²) in [7, 11) is 0. The second-order valence-electron chi connectivity index (χ2n) is 5.21. The molecule has 2 heteroatoms. The molecule has 1 aliphatic carbocycles. The van der Waals surface area contributed by atoms with Gasteiger partial charge in [0.15, 0.2) is 0 Å². The third kappa shape index (κ3) is 2.32. The summed E-state index contributed by atoms with van der Waals surface area (Å²) in [4.78, 5) is 0. The summed E-state index contributed by atoms with van der Waals surface area (Å²) < 4.78 is 0. The van der Waals surface area contributed by atoms with Gasteiger partial charge in [-0.15, -0.1) is 0 Å². The van der Waals surface area contributed by atoms with Gasteiger partial charge in [-0.3, -0.25) is 0 Å². The quantitative estimate of drug-likeness (QED) is 0.687. The fraction of sp³-hybridized carbons (Fsp3) is 0.692. The zero-order valence-corrected chi connectivity index (χ0v) is 9.95. The van der Waals surface area contributed by atoms with Crippen LogP contribution in [0, 0.1) is 5.41 Å². The SMILES string of the molecule is C=C1CCCC(C)(C)C1(O)/C=C\C(C)O. The molecule has 1 rings (SSSR count). The summed E-state index contributed by atoms with van der Waals surface area (Å²) >= 11 is 0. The molecule has 0 spiro atoms. The molecule has 0 aromatic rings. The van der Waals surface area contributed by atoms with Gasteiger partial charge in [0.25, 0.3) is 0 Å². The molecule has 0 heterocycles. The summed E-state index contributed by atoms with van der Waals surface area (Å²) in [6, 6.07) is 0. The Hall–Kier alpha value is -0.600. The van der Waals surface area contributed by atoms with Crippen molar-refractivity contribution < 1.29 is 10.2 Å². The molecule has 0 aromatic heterocycles. The van der Waals surface area contributed by atoms with Crippen molar-refractivity contribution in [3.8, 4) is 0 Å². The lowest BCUT2D eigenvalue weighted by atomic mass is 9.63. The maximum Gasteiger partial charge on any atom is 0.109 e. The lowest BCUT2D eigenvalue weighted by Gasteiger charge is -2.46. The van der Waals surface area contributed by atoms with Crippen molar-refractivity contribution in [3.05, 3.63) is 24.3 Å². The zero-order chi connectivity index (χ0) is 11.7. The molecule has 0 aromatic carbocycles. The number of hydrogen-bond donors (Lipinski definition) is 2. The zero-order valence-electron chi connectivity index (χ0n) is 9.95. The van der Waals surface area contributed by atoms with Crippen LogP contribution in [0.15, 0.2) is 24.3 Å². The van der Waals surface area contributed by atoms with E-state index in [1.54, 1.807) is 19.1 Å². The molecular formula is C13H22O2. The molecule has 15 heavy (non-hydrogen) atoms. The van der Waals surface area contributed by atoms with Crippen LogP contribution >= 0.6 is 0 Å². The van der Waals surface area contributed by atoms with Gasteiger partial charge in [-0.1, -0.05) is 26.5 Å². The molecule has 2 N–H and O–H groups in total. The number of rotatable bonds is 2. The number of aliphatic hydroxyl groups excluding tert-OH is 1. The van der Waals surface area contributed by atoms with Gasteiger partial charge in [-0.05, 0) is 37.8 Å². The number of hydrogen-bond acceptors (Lipinski definition) is 2. The van der Waals surface area contributed by atoms with Crippen LogP contribution in [-0.4, -0.2) is 21.9 Å². The molecule has 0 radical (unpaired) electrons. The monoisotopic (exact) mass is 210 g/mol. The second-order valence-corrected chi connectivity index (χ2v) is 5.21. The third-order valence-corrected chi connectivity index (χ3v) is 3.47. The van der Waals surface area contributed by atoms with Crippen LogP contribution in [0.5, 0.6) is 0 Å². The number of aliphatic hydroxyl groups is 2. The molecule has 0 saturated heterocycles. The first-order valence-corrected chi connectivity index (χ1v) is 5.58. The Labute approximate surface area is 92.3 Å². The molecule has 1 saturated carbocycles. The van der Waals surface area contributed by atoms with E-state index in [2.05, 4.69) is 6.58 Å². The van der Waals surface area contributed by atoms with E-state index in [0.29, 0.717) is 0 Å². The first-order valence-electron chi connectivity index (χ1n) is 5.58. The topological polar surface area (TPSA) is 40.5 Å². The Kier molecular flexibility index (Phi) is 3.41. The largest absolute Gasteiger partial charge is 0.389 e. The Morgan fingerprint density at radius 3 is 2.53 bits per heavy atom. The molecule has 86 valence electrons. The van der Waals surface area contributed by atoms with Crippen LogP contribution in [0.3, 0.4) is 0 Å². The summed E-state index contributed by atoms with van der Waals surface area (Å²) in [6.07, 6.45) is 5.74. The predicted molar refractivity (Wildman–Crippen MR) is 62.5 cm³/mol. The van der Waals surface area contributed by atoms with Crippen LogP contribution in [0.1, 0.15) is 40.0 Å². The van der Waals surface area contributed by atoms with Crippen LogP contribution in [-0.2, 0) is 0 Å². The summed E-state index contributed by atoms with van der Waals surface area (Å²) in [5.74, 6) is 0. The average molecular weight is 210 g/mol. The van der Waals surface area contributed by atoms with Crippen molar-refractivity contribution in [1.82, 2.24) is 0 Å². The van der Waals surface area contributed by atoms with Crippen molar-refractivity contribution in [1.29, 1.82) is 0 Å². The van der Waals surface area contributed by atoms with E-state index in [9.17, 15) is 10.2 Å². The van der Waals surface area contributed by atoms with Gasteiger partial charge >= 0.3 is 0 Å². The van der Waals surface area contributed by atoms with Gasteiger partial charge in [-0.2, -0.15) is 0 Å². The Balaban J connectivity index is 2.99.